The maximum absolute atomic E-state index is 6.28. The zero-order chi connectivity index (χ0) is 12.4. The summed E-state index contributed by atoms with van der Waals surface area (Å²) in [7, 11) is 1.62. The van der Waals surface area contributed by atoms with Gasteiger partial charge in [-0.15, -0.1) is 0 Å². The zero-order valence-corrected chi connectivity index (χ0v) is 10.9. The lowest BCUT2D eigenvalue weighted by molar-refractivity contribution is 0.0995. The lowest BCUT2D eigenvalue weighted by Crippen LogP contribution is -2.26. The average Bonchev–Trinajstić information content (AvgIpc) is 2.74. The molecule has 0 aliphatic carbocycles. The van der Waals surface area contributed by atoms with E-state index < -0.39 is 0 Å². The quantitative estimate of drug-likeness (QED) is 0.903. The molecule has 3 atom stereocenters. The van der Waals surface area contributed by atoms with Gasteiger partial charge in [-0.2, -0.15) is 0 Å². The van der Waals surface area contributed by atoms with E-state index >= 15 is 0 Å². The summed E-state index contributed by atoms with van der Waals surface area (Å²) in [4.78, 5) is 0. The van der Waals surface area contributed by atoms with Crippen molar-refractivity contribution >= 4 is 11.6 Å². The first-order valence-corrected chi connectivity index (χ1v) is 6.22. The van der Waals surface area contributed by atoms with Crippen molar-refractivity contribution in [3.8, 4) is 5.75 Å². The molecule has 3 nitrogen and oxygen atoms in total. The second-order valence-electron chi connectivity index (χ2n) is 4.44. The van der Waals surface area contributed by atoms with Crippen molar-refractivity contribution < 1.29 is 9.47 Å². The van der Waals surface area contributed by atoms with Crippen molar-refractivity contribution in [1.29, 1.82) is 0 Å². The molecular formula is C13H18ClNO2. The van der Waals surface area contributed by atoms with Gasteiger partial charge in [0.2, 0.25) is 0 Å². The number of nitrogens with two attached hydrogens (primary N) is 1. The molecule has 0 amide bonds. The molecule has 0 aromatic heterocycles. The highest BCUT2D eigenvalue weighted by Gasteiger charge is 2.31. The van der Waals surface area contributed by atoms with Crippen LogP contribution in [0.5, 0.6) is 5.75 Å². The molecule has 0 bridgehead atoms. The summed E-state index contributed by atoms with van der Waals surface area (Å²) in [6.07, 6.45) is 1.19. The molecule has 0 radical (unpaired) electrons. The zero-order valence-electron chi connectivity index (χ0n) is 10.2. The normalized spacial score (nSPS) is 25.9. The van der Waals surface area contributed by atoms with Gasteiger partial charge in [0.25, 0.3) is 0 Å². The third-order valence-corrected chi connectivity index (χ3v) is 3.79. The van der Waals surface area contributed by atoms with E-state index in [2.05, 4.69) is 6.92 Å². The van der Waals surface area contributed by atoms with Gasteiger partial charge < -0.3 is 15.2 Å². The predicted octanol–water partition coefficient (Wildman–Crippen LogP) is 2.77. The second kappa shape index (κ2) is 5.25. The standard InChI is InChI=1S/C13H18ClNO2/c1-8-10(5-6-17-8)13(15)11-4-3-9(16-2)7-12(11)14/h3-4,7-8,10,13H,5-6,15H2,1-2H3. The number of halogens is 1. The van der Waals surface area contributed by atoms with Gasteiger partial charge >= 0.3 is 0 Å². The largest absolute Gasteiger partial charge is 0.497 e. The number of hydrogen-bond donors (Lipinski definition) is 1. The predicted molar refractivity (Wildman–Crippen MR) is 68.5 cm³/mol. The Morgan fingerprint density at radius 1 is 1.53 bits per heavy atom. The fourth-order valence-corrected chi connectivity index (χ4v) is 2.65. The Morgan fingerprint density at radius 3 is 2.82 bits per heavy atom. The highest BCUT2D eigenvalue weighted by atomic mass is 35.5. The summed E-state index contributed by atoms with van der Waals surface area (Å²) in [5.41, 5.74) is 7.25. The fourth-order valence-electron chi connectivity index (χ4n) is 2.36. The van der Waals surface area contributed by atoms with Gasteiger partial charge in [0, 0.05) is 23.6 Å². The van der Waals surface area contributed by atoms with Crippen LogP contribution in [0.3, 0.4) is 0 Å². The van der Waals surface area contributed by atoms with Crippen LogP contribution in [0.15, 0.2) is 18.2 Å². The first-order chi connectivity index (χ1) is 8.13. The minimum absolute atomic E-state index is 0.0779. The second-order valence-corrected chi connectivity index (χ2v) is 4.85. The fraction of sp³-hybridized carbons (Fsp3) is 0.538. The Morgan fingerprint density at radius 2 is 2.29 bits per heavy atom. The molecule has 0 saturated carbocycles. The van der Waals surface area contributed by atoms with Gasteiger partial charge in [-0.05, 0) is 31.0 Å². The Balaban J connectivity index is 2.21. The molecule has 1 aromatic carbocycles. The van der Waals surface area contributed by atoms with E-state index in [1.807, 2.05) is 12.1 Å². The minimum Gasteiger partial charge on any atom is -0.497 e. The molecule has 1 fully saturated rings. The van der Waals surface area contributed by atoms with E-state index in [9.17, 15) is 0 Å². The number of benzene rings is 1. The molecule has 1 aliphatic rings. The summed E-state index contributed by atoms with van der Waals surface area (Å²) >= 11 is 6.23. The Kier molecular flexibility index (Phi) is 3.92. The molecule has 94 valence electrons. The Bertz CT molecular complexity index is 397. The van der Waals surface area contributed by atoms with Crippen molar-refractivity contribution in [3.63, 3.8) is 0 Å². The lowest BCUT2D eigenvalue weighted by Gasteiger charge is -2.23. The van der Waals surface area contributed by atoms with Gasteiger partial charge in [-0.1, -0.05) is 17.7 Å². The molecule has 2 rings (SSSR count). The highest BCUT2D eigenvalue weighted by molar-refractivity contribution is 6.31. The topological polar surface area (TPSA) is 44.5 Å². The number of rotatable bonds is 3. The van der Waals surface area contributed by atoms with Crippen molar-refractivity contribution in [3.05, 3.63) is 28.8 Å². The highest BCUT2D eigenvalue weighted by Crippen LogP contribution is 2.35. The molecule has 1 aromatic rings. The third kappa shape index (κ3) is 2.57. The maximum Gasteiger partial charge on any atom is 0.120 e. The number of hydrogen-bond acceptors (Lipinski definition) is 3. The van der Waals surface area contributed by atoms with Crippen LogP contribution in [0.1, 0.15) is 24.9 Å². The van der Waals surface area contributed by atoms with Gasteiger partial charge in [0.05, 0.1) is 13.2 Å². The lowest BCUT2D eigenvalue weighted by atomic mass is 9.89. The van der Waals surface area contributed by atoms with Crippen molar-refractivity contribution in [2.45, 2.75) is 25.5 Å². The molecular weight excluding hydrogens is 238 g/mol. The van der Waals surface area contributed by atoms with Gasteiger partial charge in [0.15, 0.2) is 0 Å². The summed E-state index contributed by atoms with van der Waals surface area (Å²) < 4.78 is 10.7. The Labute approximate surface area is 107 Å². The molecule has 17 heavy (non-hydrogen) atoms. The first-order valence-electron chi connectivity index (χ1n) is 5.84. The maximum atomic E-state index is 6.28. The first kappa shape index (κ1) is 12.7. The molecule has 4 heteroatoms. The van der Waals surface area contributed by atoms with Gasteiger partial charge in [-0.3, -0.25) is 0 Å². The van der Waals surface area contributed by atoms with E-state index in [1.54, 1.807) is 13.2 Å². The molecule has 0 spiro atoms. The molecule has 1 saturated heterocycles. The minimum atomic E-state index is -0.0779. The smallest absolute Gasteiger partial charge is 0.120 e. The average molecular weight is 256 g/mol. The third-order valence-electron chi connectivity index (χ3n) is 3.46. The number of methoxy groups -OCH3 is 1. The van der Waals surface area contributed by atoms with Crippen LogP contribution >= 0.6 is 11.6 Å². The van der Waals surface area contributed by atoms with E-state index in [-0.39, 0.29) is 12.1 Å². The van der Waals surface area contributed by atoms with Crippen LogP contribution in [0.2, 0.25) is 5.02 Å². The van der Waals surface area contributed by atoms with E-state index in [1.165, 1.54) is 0 Å². The van der Waals surface area contributed by atoms with E-state index in [4.69, 9.17) is 26.8 Å². The van der Waals surface area contributed by atoms with Crippen LogP contribution in [-0.4, -0.2) is 19.8 Å². The van der Waals surface area contributed by atoms with Crippen LogP contribution in [0.4, 0.5) is 0 Å². The SMILES string of the molecule is COc1ccc(C(N)C2CCOC2C)c(Cl)c1. The molecule has 1 aliphatic heterocycles. The van der Waals surface area contributed by atoms with Crippen molar-refractivity contribution in [2.24, 2.45) is 11.7 Å². The summed E-state index contributed by atoms with van der Waals surface area (Å²) in [5, 5.41) is 0.663. The van der Waals surface area contributed by atoms with Gasteiger partial charge in [-0.25, -0.2) is 0 Å². The monoisotopic (exact) mass is 255 g/mol. The molecule has 1 heterocycles. The van der Waals surface area contributed by atoms with Gasteiger partial charge in [0.1, 0.15) is 5.75 Å². The summed E-state index contributed by atoms with van der Waals surface area (Å²) in [5.74, 6) is 1.09. The summed E-state index contributed by atoms with van der Waals surface area (Å²) in [6.45, 7) is 2.85. The van der Waals surface area contributed by atoms with E-state index in [0.29, 0.717) is 10.9 Å². The van der Waals surface area contributed by atoms with Crippen LogP contribution in [0.25, 0.3) is 0 Å². The van der Waals surface area contributed by atoms with Crippen LogP contribution < -0.4 is 10.5 Å². The molecule has 3 unspecified atom stereocenters. The van der Waals surface area contributed by atoms with Crippen LogP contribution in [0, 0.1) is 5.92 Å². The van der Waals surface area contributed by atoms with E-state index in [0.717, 1.165) is 24.3 Å². The Hall–Kier alpha value is -0.770. The summed E-state index contributed by atoms with van der Waals surface area (Å²) in [6, 6.07) is 5.56. The number of ether oxygens (including phenoxy) is 2. The van der Waals surface area contributed by atoms with Crippen LogP contribution in [-0.2, 0) is 4.74 Å². The van der Waals surface area contributed by atoms with Crippen molar-refractivity contribution in [2.75, 3.05) is 13.7 Å². The molecule has 2 N–H and O–H groups in total. The van der Waals surface area contributed by atoms with Crippen molar-refractivity contribution in [1.82, 2.24) is 0 Å².